The van der Waals surface area contributed by atoms with Crippen LogP contribution >= 0.6 is 11.8 Å². The summed E-state index contributed by atoms with van der Waals surface area (Å²) in [4.78, 5) is 26.3. The lowest BCUT2D eigenvalue weighted by Crippen LogP contribution is -2.49. The number of carbonyl (C=O) groups is 2. The van der Waals surface area contributed by atoms with Crippen LogP contribution in [-0.2, 0) is 16.0 Å². The number of nitrogens with zero attached hydrogens (tertiary/aromatic N) is 1. The van der Waals surface area contributed by atoms with Gasteiger partial charge in [0.1, 0.15) is 0 Å². The predicted molar refractivity (Wildman–Crippen MR) is 104 cm³/mol. The molecule has 1 aliphatic carbocycles. The standard InChI is InChI=1S/C20H26F2N2O3S/c1-28-11-20(27)24-9-13-7-17(18(25)8-14(13)10-24)23-19(26)5-3-12-2-4-15(21)16(22)6-12/h2,4,6,13-14,17-18,25H,3,5,7-11H2,1H3,(H,23,26)/t13-,14+,17-,18-/m0/s1. The minimum Gasteiger partial charge on any atom is -0.391 e. The van der Waals surface area contributed by atoms with Crippen LogP contribution in [0.1, 0.15) is 24.8 Å². The van der Waals surface area contributed by atoms with Crippen molar-refractivity contribution in [3.8, 4) is 0 Å². The first-order valence-corrected chi connectivity index (χ1v) is 10.9. The van der Waals surface area contributed by atoms with E-state index in [1.807, 2.05) is 11.2 Å². The molecule has 0 bridgehead atoms. The van der Waals surface area contributed by atoms with Gasteiger partial charge < -0.3 is 15.3 Å². The molecular weight excluding hydrogens is 386 g/mol. The normalized spacial score (nSPS) is 26.8. The second-order valence-corrected chi connectivity index (χ2v) is 8.58. The van der Waals surface area contributed by atoms with E-state index in [1.54, 1.807) is 0 Å². The number of aliphatic hydroxyl groups excluding tert-OH is 1. The van der Waals surface area contributed by atoms with E-state index in [2.05, 4.69) is 5.32 Å². The second kappa shape index (κ2) is 9.22. The second-order valence-electron chi connectivity index (χ2n) is 7.71. The van der Waals surface area contributed by atoms with Gasteiger partial charge >= 0.3 is 0 Å². The van der Waals surface area contributed by atoms with Crippen LogP contribution in [0.3, 0.4) is 0 Å². The third-order valence-corrected chi connectivity index (χ3v) is 6.27. The fourth-order valence-electron chi connectivity index (χ4n) is 4.24. The van der Waals surface area contributed by atoms with Crippen molar-refractivity contribution in [2.45, 2.75) is 37.8 Å². The Morgan fingerprint density at radius 2 is 1.93 bits per heavy atom. The molecule has 0 radical (unpaired) electrons. The van der Waals surface area contributed by atoms with E-state index in [4.69, 9.17) is 0 Å². The van der Waals surface area contributed by atoms with Crippen molar-refractivity contribution in [2.75, 3.05) is 25.1 Å². The van der Waals surface area contributed by atoms with Crippen molar-refractivity contribution in [1.82, 2.24) is 10.2 Å². The average molecular weight is 413 g/mol. The van der Waals surface area contributed by atoms with Crippen LogP contribution in [0.15, 0.2) is 18.2 Å². The zero-order valence-electron chi connectivity index (χ0n) is 15.9. The number of carbonyl (C=O) groups excluding carboxylic acids is 2. The van der Waals surface area contributed by atoms with Gasteiger partial charge in [0.2, 0.25) is 11.8 Å². The fourth-order valence-corrected chi connectivity index (χ4v) is 4.67. The lowest BCUT2D eigenvalue weighted by atomic mass is 9.77. The van der Waals surface area contributed by atoms with Gasteiger partial charge in [-0.15, -0.1) is 0 Å². The fraction of sp³-hybridized carbons (Fsp3) is 0.600. The van der Waals surface area contributed by atoms with Crippen LogP contribution < -0.4 is 5.32 Å². The number of rotatable bonds is 6. The number of hydrogen-bond donors (Lipinski definition) is 2. The number of fused-ring (bicyclic) bond motifs is 1. The SMILES string of the molecule is CSCC(=O)N1C[C@H]2C[C@H](O)[C@@H](NC(=O)CCc3ccc(F)c(F)c3)C[C@H]2C1. The Morgan fingerprint density at radius 1 is 1.21 bits per heavy atom. The van der Waals surface area contributed by atoms with Gasteiger partial charge in [0, 0.05) is 19.5 Å². The molecule has 3 rings (SSSR count). The van der Waals surface area contributed by atoms with Crippen molar-refractivity contribution in [3.05, 3.63) is 35.4 Å². The summed E-state index contributed by atoms with van der Waals surface area (Å²) in [6, 6.07) is 3.28. The van der Waals surface area contributed by atoms with Gasteiger partial charge in [0.15, 0.2) is 11.6 Å². The summed E-state index contributed by atoms with van der Waals surface area (Å²) >= 11 is 1.50. The van der Waals surface area contributed by atoms with Gasteiger partial charge in [-0.2, -0.15) is 11.8 Å². The molecule has 1 saturated heterocycles. The molecule has 1 aliphatic heterocycles. The van der Waals surface area contributed by atoms with Gasteiger partial charge in [0.05, 0.1) is 17.9 Å². The molecule has 5 nitrogen and oxygen atoms in total. The summed E-state index contributed by atoms with van der Waals surface area (Å²) in [7, 11) is 0. The zero-order chi connectivity index (χ0) is 20.3. The van der Waals surface area contributed by atoms with Crippen molar-refractivity contribution in [2.24, 2.45) is 11.8 Å². The molecule has 1 heterocycles. The van der Waals surface area contributed by atoms with E-state index in [9.17, 15) is 23.5 Å². The lowest BCUT2D eigenvalue weighted by molar-refractivity contribution is -0.127. The van der Waals surface area contributed by atoms with Gasteiger partial charge in [-0.3, -0.25) is 9.59 Å². The number of halogens is 2. The molecule has 2 amide bonds. The molecule has 2 fully saturated rings. The minimum absolute atomic E-state index is 0.128. The molecule has 0 spiro atoms. The van der Waals surface area contributed by atoms with Crippen molar-refractivity contribution in [1.29, 1.82) is 0 Å². The highest BCUT2D eigenvalue weighted by molar-refractivity contribution is 7.99. The molecule has 2 aliphatic rings. The van der Waals surface area contributed by atoms with Crippen LogP contribution in [0.4, 0.5) is 8.78 Å². The summed E-state index contributed by atoms with van der Waals surface area (Å²) in [6.07, 6.45) is 2.92. The first-order chi connectivity index (χ1) is 13.4. The summed E-state index contributed by atoms with van der Waals surface area (Å²) < 4.78 is 26.2. The first-order valence-electron chi connectivity index (χ1n) is 9.55. The van der Waals surface area contributed by atoms with Gasteiger partial charge in [-0.1, -0.05) is 6.07 Å². The van der Waals surface area contributed by atoms with E-state index >= 15 is 0 Å². The Balaban J connectivity index is 1.49. The monoisotopic (exact) mass is 412 g/mol. The van der Waals surface area contributed by atoms with Crippen molar-refractivity contribution in [3.63, 3.8) is 0 Å². The number of nitrogens with one attached hydrogen (secondary N) is 1. The summed E-state index contributed by atoms with van der Waals surface area (Å²) in [5.41, 5.74) is 0.553. The van der Waals surface area contributed by atoms with Crippen LogP contribution in [0.2, 0.25) is 0 Å². The van der Waals surface area contributed by atoms with Crippen LogP contribution in [-0.4, -0.2) is 59.1 Å². The van der Waals surface area contributed by atoms with E-state index in [0.717, 1.165) is 12.1 Å². The molecule has 1 saturated carbocycles. The number of amides is 2. The number of aliphatic hydroxyl groups is 1. The van der Waals surface area contributed by atoms with E-state index in [0.29, 0.717) is 43.7 Å². The Bertz CT molecular complexity index is 733. The highest BCUT2D eigenvalue weighted by atomic mass is 32.2. The number of likely N-dealkylation sites (tertiary alicyclic amines) is 1. The molecule has 0 aromatic heterocycles. The Hall–Kier alpha value is -1.67. The number of thioether (sulfide) groups is 1. The van der Waals surface area contributed by atoms with E-state index in [1.165, 1.54) is 17.8 Å². The van der Waals surface area contributed by atoms with E-state index < -0.39 is 17.7 Å². The van der Waals surface area contributed by atoms with Crippen LogP contribution in [0.5, 0.6) is 0 Å². The van der Waals surface area contributed by atoms with Gasteiger partial charge in [-0.05, 0) is 55.1 Å². The van der Waals surface area contributed by atoms with Crippen molar-refractivity contribution < 1.29 is 23.5 Å². The van der Waals surface area contributed by atoms with Gasteiger partial charge in [0.25, 0.3) is 0 Å². The molecule has 28 heavy (non-hydrogen) atoms. The van der Waals surface area contributed by atoms with E-state index in [-0.39, 0.29) is 36.1 Å². The summed E-state index contributed by atoms with van der Waals surface area (Å²) in [6.45, 7) is 1.36. The quantitative estimate of drug-likeness (QED) is 0.750. The van der Waals surface area contributed by atoms with Crippen LogP contribution in [0.25, 0.3) is 0 Å². The molecular formula is C20H26F2N2O3S. The lowest BCUT2D eigenvalue weighted by Gasteiger charge is -2.35. The Kier molecular flexibility index (Phi) is 6.93. The Labute approximate surface area is 167 Å². The molecule has 2 N–H and O–H groups in total. The van der Waals surface area contributed by atoms with Gasteiger partial charge in [-0.25, -0.2) is 8.78 Å². The third kappa shape index (κ3) is 5.03. The summed E-state index contributed by atoms with van der Waals surface area (Å²) in [5, 5.41) is 13.3. The topological polar surface area (TPSA) is 69.6 Å². The number of hydrogen-bond acceptors (Lipinski definition) is 4. The maximum absolute atomic E-state index is 13.3. The smallest absolute Gasteiger partial charge is 0.232 e. The highest BCUT2D eigenvalue weighted by Gasteiger charge is 2.43. The highest BCUT2D eigenvalue weighted by Crippen LogP contribution is 2.36. The first kappa shape index (κ1) is 21.0. The average Bonchev–Trinajstić information content (AvgIpc) is 3.06. The summed E-state index contributed by atoms with van der Waals surface area (Å²) in [5.74, 6) is -0.902. The maximum atomic E-state index is 13.3. The zero-order valence-corrected chi connectivity index (χ0v) is 16.7. The van der Waals surface area contributed by atoms with Crippen LogP contribution in [0, 0.1) is 23.5 Å². The van der Waals surface area contributed by atoms with Crippen molar-refractivity contribution >= 4 is 23.6 Å². The predicted octanol–water partition coefficient (Wildman–Crippen LogP) is 1.97. The number of benzene rings is 1. The molecule has 1 aromatic carbocycles. The largest absolute Gasteiger partial charge is 0.391 e. The molecule has 154 valence electrons. The molecule has 8 heteroatoms. The molecule has 4 atom stereocenters. The molecule has 0 unspecified atom stereocenters. The number of aryl methyl sites for hydroxylation is 1. The Morgan fingerprint density at radius 3 is 2.61 bits per heavy atom. The third-order valence-electron chi connectivity index (χ3n) is 5.73. The minimum atomic E-state index is -0.923. The molecule has 1 aromatic rings. The maximum Gasteiger partial charge on any atom is 0.232 e.